The number of benzene rings is 1. The van der Waals surface area contributed by atoms with Crippen LogP contribution in [0.25, 0.3) is 0 Å². The normalized spacial score (nSPS) is 16.7. The van der Waals surface area contributed by atoms with Crippen LogP contribution in [0.2, 0.25) is 0 Å². The van der Waals surface area contributed by atoms with Crippen molar-refractivity contribution in [2.45, 2.75) is 18.9 Å². The van der Waals surface area contributed by atoms with Crippen LogP contribution in [0.1, 0.15) is 12.8 Å². The number of nitro benzene ring substituents is 1. The lowest BCUT2D eigenvalue weighted by atomic mass is 10.1. The molecule has 0 aliphatic carbocycles. The fraction of sp³-hybridized carbons (Fsp3) is 0.455. The smallest absolute Gasteiger partial charge is 0.275 e. The van der Waals surface area contributed by atoms with Crippen LogP contribution >= 0.6 is 0 Å². The Kier molecular flexibility index (Phi) is 3.43. The van der Waals surface area contributed by atoms with Crippen LogP contribution in [0.4, 0.5) is 11.4 Å². The van der Waals surface area contributed by atoms with E-state index in [2.05, 4.69) is 0 Å². The van der Waals surface area contributed by atoms with Crippen molar-refractivity contribution in [1.29, 1.82) is 0 Å². The molecule has 2 rings (SSSR count). The topological polar surface area (TPSA) is 87.6 Å². The number of nitrogens with two attached hydrogens (primary N) is 1. The van der Waals surface area contributed by atoms with Crippen LogP contribution in [0.5, 0.6) is 5.75 Å². The van der Waals surface area contributed by atoms with Gasteiger partial charge in [0.25, 0.3) is 5.69 Å². The molecule has 92 valence electrons. The van der Waals surface area contributed by atoms with Crippen molar-refractivity contribution < 1.29 is 14.4 Å². The van der Waals surface area contributed by atoms with Gasteiger partial charge < -0.3 is 15.2 Å². The van der Waals surface area contributed by atoms with Crippen molar-refractivity contribution in [1.82, 2.24) is 0 Å². The van der Waals surface area contributed by atoms with Crippen LogP contribution in [0.15, 0.2) is 18.2 Å². The average molecular weight is 238 g/mol. The molecule has 0 amide bonds. The quantitative estimate of drug-likeness (QED) is 0.492. The minimum Gasteiger partial charge on any atom is -0.490 e. The summed E-state index contributed by atoms with van der Waals surface area (Å²) in [6.07, 6.45) is 1.63. The van der Waals surface area contributed by atoms with Crippen LogP contribution in [0, 0.1) is 10.1 Å². The van der Waals surface area contributed by atoms with E-state index in [1.54, 1.807) is 6.07 Å². The predicted octanol–water partition coefficient (Wildman–Crippen LogP) is 1.73. The van der Waals surface area contributed by atoms with Gasteiger partial charge in [-0.25, -0.2) is 0 Å². The first-order valence-electron chi connectivity index (χ1n) is 5.44. The Balaban J connectivity index is 2.11. The molecule has 0 radical (unpaired) electrons. The molecule has 1 fully saturated rings. The minimum absolute atomic E-state index is 0.0464. The van der Waals surface area contributed by atoms with E-state index in [1.807, 2.05) is 0 Å². The van der Waals surface area contributed by atoms with Crippen molar-refractivity contribution in [3.63, 3.8) is 0 Å². The van der Waals surface area contributed by atoms with E-state index in [4.69, 9.17) is 15.2 Å². The summed E-state index contributed by atoms with van der Waals surface area (Å²) in [6, 6.07) is 4.31. The molecule has 2 N–H and O–H groups in total. The van der Waals surface area contributed by atoms with Crippen molar-refractivity contribution in [3.8, 4) is 5.75 Å². The van der Waals surface area contributed by atoms with E-state index in [-0.39, 0.29) is 11.8 Å². The standard InChI is InChI=1S/C11H14N2O4/c12-8-5-9(13(14)15)7-11(6-8)17-10-1-3-16-4-2-10/h5-7,10H,1-4,12H2. The van der Waals surface area contributed by atoms with Gasteiger partial charge in [-0.1, -0.05) is 0 Å². The van der Waals surface area contributed by atoms with Gasteiger partial charge in [-0.05, 0) is 0 Å². The summed E-state index contributed by atoms with van der Waals surface area (Å²) in [6.45, 7) is 1.32. The molecule has 1 heterocycles. The molecule has 0 atom stereocenters. The Morgan fingerprint density at radius 3 is 2.71 bits per heavy atom. The Labute approximate surface area is 98.5 Å². The Morgan fingerprint density at radius 1 is 1.35 bits per heavy atom. The first kappa shape index (κ1) is 11.7. The van der Waals surface area contributed by atoms with E-state index in [1.165, 1.54) is 12.1 Å². The first-order chi connectivity index (χ1) is 8.15. The zero-order valence-corrected chi connectivity index (χ0v) is 9.30. The zero-order valence-electron chi connectivity index (χ0n) is 9.30. The van der Waals surface area contributed by atoms with Crippen LogP contribution in [-0.4, -0.2) is 24.2 Å². The second kappa shape index (κ2) is 5.01. The second-order valence-corrected chi connectivity index (χ2v) is 3.95. The van der Waals surface area contributed by atoms with Gasteiger partial charge >= 0.3 is 0 Å². The highest BCUT2D eigenvalue weighted by Gasteiger charge is 2.17. The highest BCUT2D eigenvalue weighted by Crippen LogP contribution is 2.26. The van der Waals surface area contributed by atoms with Gasteiger partial charge in [0.05, 0.1) is 24.2 Å². The lowest BCUT2D eigenvalue weighted by molar-refractivity contribution is -0.384. The molecule has 1 saturated heterocycles. The van der Waals surface area contributed by atoms with Crippen molar-refractivity contribution in [2.24, 2.45) is 0 Å². The fourth-order valence-electron chi connectivity index (χ4n) is 1.77. The number of anilines is 1. The zero-order chi connectivity index (χ0) is 12.3. The lowest BCUT2D eigenvalue weighted by Crippen LogP contribution is -2.25. The van der Waals surface area contributed by atoms with E-state index in [0.29, 0.717) is 24.7 Å². The van der Waals surface area contributed by atoms with Gasteiger partial charge in [0, 0.05) is 30.7 Å². The molecule has 0 spiro atoms. The Hall–Kier alpha value is -1.82. The molecule has 17 heavy (non-hydrogen) atoms. The van der Waals surface area contributed by atoms with Crippen LogP contribution in [-0.2, 0) is 4.74 Å². The third kappa shape index (κ3) is 3.07. The van der Waals surface area contributed by atoms with Gasteiger partial charge in [0.1, 0.15) is 11.9 Å². The third-order valence-corrected chi connectivity index (χ3v) is 2.60. The second-order valence-electron chi connectivity index (χ2n) is 3.95. The Morgan fingerprint density at radius 2 is 2.06 bits per heavy atom. The fourth-order valence-corrected chi connectivity index (χ4v) is 1.77. The van der Waals surface area contributed by atoms with E-state index >= 15 is 0 Å². The van der Waals surface area contributed by atoms with E-state index in [0.717, 1.165) is 12.8 Å². The summed E-state index contributed by atoms with van der Waals surface area (Å²) in [5.41, 5.74) is 5.88. The van der Waals surface area contributed by atoms with Gasteiger partial charge in [-0.3, -0.25) is 10.1 Å². The Bertz CT molecular complexity index is 416. The SMILES string of the molecule is Nc1cc(OC2CCOCC2)cc([N+](=O)[O-])c1. The number of nitrogen functional groups attached to an aromatic ring is 1. The molecule has 0 bridgehead atoms. The van der Waals surface area contributed by atoms with E-state index in [9.17, 15) is 10.1 Å². The molecule has 1 aromatic carbocycles. The molecule has 6 nitrogen and oxygen atoms in total. The van der Waals surface area contributed by atoms with Crippen LogP contribution < -0.4 is 10.5 Å². The number of hydrogen-bond donors (Lipinski definition) is 1. The maximum Gasteiger partial charge on any atom is 0.275 e. The van der Waals surface area contributed by atoms with Crippen molar-refractivity contribution >= 4 is 11.4 Å². The molecule has 1 aliphatic heterocycles. The summed E-state index contributed by atoms with van der Waals surface area (Å²) >= 11 is 0. The maximum absolute atomic E-state index is 10.7. The molecular weight excluding hydrogens is 224 g/mol. The lowest BCUT2D eigenvalue weighted by Gasteiger charge is -2.23. The molecule has 1 aliphatic rings. The van der Waals surface area contributed by atoms with Crippen molar-refractivity contribution in [3.05, 3.63) is 28.3 Å². The first-order valence-corrected chi connectivity index (χ1v) is 5.44. The number of nitrogens with zero attached hydrogens (tertiary/aromatic N) is 1. The third-order valence-electron chi connectivity index (χ3n) is 2.60. The molecule has 0 unspecified atom stereocenters. The van der Waals surface area contributed by atoms with E-state index < -0.39 is 4.92 Å². The summed E-state index contributed by atoms with van der Waals surface area (Å²) in [4.78, 5) is 10.2. The van der Waals surface area contributed by atoms with Gasteiger partial charge in [0.15, 0.2) is 0 Å². The molecule has 0 aromatic heterocycles. The predicted molar refractivity (Wildman–Crippen MR) is 62.0 cm³/mol. The minimum atomic E-state index is -0.479. The summed E-state index contributed by atoms with van der Waals surface area (Å²) in [5, 5.41) is 10.7. The summed E-state index contributed by atoms with van der Waals surface area (Å²) in [5.74, 6) is 0.448. The number of non-ortho nitro benzene ring substituents is 1. The number of hydrogen-bond acceptors (Lipinski definition) is 5. The van der Waals surface area contributed by atoms with Crippen LogP contribution in [0.3, 0.4) is 0 Å². The van der Waals surface area contributed by atoms with Crippen molar-refractivity contribution in [2.75, 3.05) is 18.9 Å². The molecule has 0 saturated carbocycles. The molecular formula is C11H14N2O4. The van der Waals surface area contributed by atoms with Gasteiger partial charge in [-0.2, -0.15) is 0 Å². The average Bonchev–Trinajstić information content (AvgIpc) is 2.29. The molecule has 6 heteroatoms. The summed E-state index contributed by atoms with van der Waals surface area (Å²) in [7, 11) is 0. The maximum atomic E-state index is 10.7. The number of rotatable bonds is 3. The number of nitro groups is 1. The van der Waals surface area contributed by atoms with Gasteiger partial charge in [-0.15, -0.1) is 0 Å². The largest absolute Gasteiger partial charge is 0.490 e. The monoisotopic (exact) mass is 238 g/mol. The highest BCUT2D eigenvalue weighted by molar-refractivity contribution is 5.53. The highest BCUT2D eigenvalue weighted by atomic mass is 16.6. The number of ether oxygens (including phenoxy) is 2. The molecule has 1 aromatic rings. The van der Waals surface area contributed by atoms with Gasteiger partial charge in [0.2, 0.25) is 0 Å². The summed E-state index contributed by atoms with van der Waals surface area (Å²) < 4.78 is 10.9.